The average Bonchev–Trinajstić information content (AvgIpc) is 2.32. The molecule has 0 saturated carbocycles. The first-order valence-corrected chi connectivity index (χ1v) is 6.00. The Morgan fingerprint density at radius 1 is 1.50 bits per heavy atom. The van der Waals surface area contributed by atoms with Gasteiger partial charge in [-0.25, -0.2) is 9.18 Å². The Kier molecular flexibility index (Phi) is 3.21. The van der Waals surface area contributed by atoms with Gasteiger partial charge in [0.05, 0.1) is 9.99 Å². The van der Waals surface area contributed by atoms with Crippen LogP contribution in [0.5, 0.6) is 0 Å². The molecule has 0 radical (unpaired) electrons. The third-order valence-corrected chi connectivity index (χ3v) is 3.30. The summed E-state index contributed by atoms with van der Waals surface area (Å²) in [7, 11) is 0. The minimum Gasteiger partial charge on any atom is -0.477 e. The van der Waals surface area contributed by atoms with Gasteiger partial charge in [-0.3, -0.25) is 4.79 Å². The van der Waals surface area contributed by atoms with Crippen LogP contribution in [0, 0.1) is 5.82 Å². The van der Waals surface area contributed by atoms with E-state index in [0.717, 1.165) is 6.07 Å². The number of nitrogens with zero attached hydrogens (tertiary/aromatic N) is 1. The van der Waals surface area contributed by atoms with Gasteiger partial charge in [-0.2, -0.15) is 0 Å². The predicted octanol–water partition coefficient (Wildman–Crippen LogP) is 2.62. The van der Waals surface area contributed by atoms with Crippen molar-refractivity contribution in [1.82, 2.24) is 4.57 Å². The molecule has 6 heteroatoms. The van der Waals surface area contributed by atoms with Crippen LogP contribution in [0.25, 0.3) is 10.9 Å². The maximum atomic E-state index is 13.5. The zero-order chi connectivity index (χ0) is 13.4. The standard InChI is InChI=1S/C12H9BrFNO3/c1-2-15-5-7(12(17)18)11(16)6-3-9(14)8(13)4-10(6)15/h3-5H,2H2,1H3,(H,17,18). The molecule has 0 aliphatic heterocycles. The maximum Gasteiger partial charge on any atom is 0.341 e. The second-order valence-electron chi connectivity index (χ2n) is 3.75. The first-order chi connectivity index (χ1) is 8.45. The van der Waals surface area contributed by atoms with E-state index in [4.69, 9.17) is 5.11 Å². The van der Waals surface area contributed by atoms with Crippen LogP contribution in [0.15, 0.2) is 27.6 Å². The highest BCUT2D eigenvalue weighted by Gasteiger charge is 2.15. The normalized spacial score (nSPS) is 10.8. The highest BCUT2D eigenvalue weighted by molar-refractivity contribution is 9.10. The number of carboxylic acid groups (broad SMARTS) is 1. The Balaban J connectivity index is 2.99. The van der Waals surface area contributed by atoms with Crippen molar-refractivity contribution in [1.29, 1.82) is 0 Å². The Morgan fingerprint density at radius 3 is 2.72 bits per heavy atom. The monoisotopic (exact) mass is 313 g/mol. The van der Waals surface area contributed by atoms with Crippen LogP contribution >= 0.6 is 15.9 Å². The average molecular weight is 314 g/mol. The van der Waals surface area contributed by atoms with Crippen molar-refractivity contribution >= 4 is 32.8 Å². The molecular weight excluding hydrogens is 305 g/mol. The van der Waals surface area contributed by atoms with E-state index < -0.39 is 17.2 Å². The van der Waals surface area contributed by atoms with Crippen LogP contribution in [0.2, 0.25) is 0 Å². The summed E-state index contributed by atoms with van der Waals surface area (Å²) in [6, 6.07) is 2.53. The smallest absolute Gasteiger partial charge is 0.341 e. The van der Waals surface area contributed by atoms with Crippen LogP contribution < -0.4 is 5.43 Å². The number of fused-ring (bicyclic) bond motifs is 1. The molecule has 0 fully saturated rings. The summed E-state index contributed by atoms with van der Waals surface area (Å²) < 4.78 is 15.3. The van der Waals surface area contributed by atoms with Gasteiger partial charge in [-0.05, 0) is 35.0 Å². The molecule has 0 aliphatic rings. The number of carboxylic acids is 1. The summed E-state index contributed by atoms with van der Waals surface area (Å²) >= 11 is 3.04. The molecule has 2 aromatic rings. The number of aryl methyl sites for hydroxylation is 1. The lowest BCUT2D eigenvalue weighted by atomic mass is 10.1. The van der Waals surface area contributed by atoms with Gasteiger partial charge in [0.1, 0.15) is 11.4 Å². The molecule has 1 aromatic carbocycles. The van der Waals surface area contributed by atoms with Gasteiger partial charge in [0.2, 0.25) is 5.43 Å². The minimum atomic E-state index is -1.31. The highest BCUT2D eigenvalue weighted by Crippen LogP contribution is 2.22. The number of halogens is 2. The molecular formula is C12H9BrFNO3. The maximum absolute atomic E-state index is 13.5. The molecule has 0 saturated heterocycles. The number of benzene rings is 1. The first kappa shape index (κ1) is 12.8. The molecule has 0 unspecified atom stereocenters. The fourth-order valence-electron chi connectivity index (χ4n) is 1.80. The zero-order valence-electron chi connectivity index (χ0n) is 9.41. The van der Waals surface area contributed by atoms with Crippen molar-refractivity contribution in [2.24, 2.45) is 0 Å². The highest BCUT2D eigenvalue weighted by atomic mass is 79.9. The lowest BCUT2D eigenvalue weighted by Crippen LogP contribution is -2.18. The van der Waals surface area contributed by atoms with Crippen molar-refractivity contribution in [3.63, 3.8) is 0 Å². The van der Waals surface area contributed by atoms with Crippen LogP contribution in [-0.4, -0.2) is 15.6 Å². The Hall–Kier alpha value is -1.69. The van der Waals surface area contributed by atoms with E-state index >= 15 is 0 Å². The van der Waals surface area contributed by atoms with E-state index in [2.05, 4.69) is 15.9 Å². The minimum absolute atomic E-state index is 0.0671. The predicted molar refractivity (Wildman–Crippen MR) is 68.5 cm³/mol. The fraction of sp³-hybridized carbons (Fsp3) is 0.167. The first-order valence-electron chi connectivity index (χ1n) is 5.21. The number of pyridine rings is 1. The van der Waals surface area contributed by atoms with Crippen LogP contribution in [-0.2, 0) is 6.54 Å². The third kappa shape index (κ3) is 1.92. The summed E-state index contributed by atoms with van der Waals surface area (Å²) in [5, 5.41) is 9.02. The van der Waals surface area contributed by atoms with Crippen molar-refractivity contribution in [2.45, 2.75) is 13.5 Å². The summed E-state index contributed by atoms with van der Waals surface area (Å²) in [4.78, 5) is 22.9. The summed E-state index contributed by atoms with van der Waals surface area (Å²) in [6.45, 7) is 2.29. The van der Waals surface area contributed by atoms with Gasteiger partial charge in [-0.15, -0.1) is 0 Å². The van der Waals surface area contributed by atoms with Crippen molar-refractivity contribution in [3.8, 4) is 0 Å². The number of carbonyl (C=O) groups is 1. The van der Waals surface area contributed by atoms with Crippen LogP contribution in [0.3, 0.4) is 0 Å². The molecule has 0 amide bonds. The zero-order valence-corrected chi connectivity index (χ0v) is 11.0. The summed E-state index contributed by atoms with van der Waals surface area (Å²) in [6.07, 6.45) is 1.28. The Morgan fingerprint density at radius 2 is 2.17 bits per heavy atom. The summed E-state index contributed by atoms with van der Waals surface area (Å²) in [5.41, 5.74) is -0.527. The van der Waals surface area contributed by atoms with Crippen molar-refractivity contribution < 1.29 is 14.3 Å². The second kappa shape index (κ2) is 4.53. The van der Waals surface area contributed by atoms with E-state index in [1.54, 1.807) is 4.57 Å². The van der Waals surface area contributed by atoms with Gasteiger partial charge in [0.15, 0.2) is 0 Å². The largest absolute Gasteiger partial charge is 0.477 e. The number of hydrogen-bond donors (Lipinski definition) is 1. The van der Waals surface area contributed by atoms with Gasteiger partial charge in [0, 0.05) is 18.1 Å². The van der Waals surface area contributed by atoms with Crippen LogP contribution in [0.1, 0.15) is 17.3 Å². The molecule has 4 nitrogen and oxygen atoms in total. The number of aromatic carboxylic acids is 1. The molecule has 0 bridgehead atoms. The molecule has 1 aromatic heterocycles. The fourth-order valence-corrected chi connectivity index (χ4v) is 2.13. The topological polar surface area (TPSA) is 59.3 Å². The SMILES string of the molecule is CCn1cc(C(=O)O)c(=O)c2cc(F)c(Br)cc21. The lowest BCUT2D eigenvalue weighted by molar-refractivity contribution is 0.0695. The third-order valence-electron chi connectivity index (χ3n) is 2.69. The number of hydrogen-bond acceptors (Lipinski definition) is 2. The lowest BCUT2D eigenvalue weighted by Gasteiger charge is -2.10. The van der Waals surface area contributed by atoms with Gasteiger partial charge < -0.3 is 9.67 Å². The van der Waals surface area contributed by atoms with E-state index in [1.165, 1.54) is 12.3 Å². The molecule has 0 spiro atoms. The van der Waals surface area contributed by atoms with Gasteiger partial charge >= 0.3 is 5.97 Å². The molecule has 2 rings (SSSR count). The molecule has 18 heavy (non-hydrogen) atoms. The Bertz CT molecular complexity index is 709. The number of aromatic nitrogens is 1. The van der Waals surface area contributed by atoms with Crippen molar-refractivity contribution in [3.05, 3.63) is 44.4 Å². The summed E-state index contributed by atoms with van der Waals surface area (Å²) in [5.74, 6) is -1.91. The Labute approximate surface area is 110 Å². The molecule has 1 heterocycles. The molecule has 0 atom stereocenters. The van der Waals surface area contributed by atoms with E-state index in [1.807, 2.05) is 6.92 Å². The molecule has 0 aliphatic carbocycles. The van der Waals surface area contributed by atoms with E-state index in [9.17, 15) is 14.0 Å². The second-order valence-corrected chi connectivity index (χ2v) is 4.60. The quantitative estimate of drug-likeness (QED) is 0.927. The van der Waals surface area contributed by atoms with Crippen molar-refractivity contribution in [2.75, 3.05) is 0 Å². The van der Waals surface area contributed by atoms with E-state index in [-0.39, 0.29) is 15.4 Å². The molecule has 94 valence electrons. The molecule has 1 N–H and O–H groups in total. The van der Waals surface area contributed by atoms with Gasteiger partial charge in [0.25, 0.3) is 0 Å². The number of rotatable bonds is 2. The van der Waals surface area contributed by atoms with Gasteiger partial charge in [-0.1, -0.05) is 0 Å². The van der Waals surface area contributed by atoms with Crippen LogP contribution in [0.4, 0.5) is 4.39 Å². The van der Waals surface area contributed by atoms with E-state index in [0.29, 0.717) is 12.1 Å².